The highest BCUT2D eigenvalue weighted by Crippen LogP contribution is 2.46. The SMILES string of the molecule is C=C(F)C(=O)N1CCN(c2nc(OCC3CCCN3C)nc3cc(-c4cccc5cccc(Cl)c45)c4c(c23)OCCC4)CC1CC#N. The standard InChI is InChI=1S/C36H36ClFN6O3/c1-22(38)35(45)44-17-16-43(20-24(44)13-14-39)34-32-30(40-36(41-34)47-21-25-9-5-15-42(25)2)19-28(27-11-6-18-46-33(27)32)26-10-3-7-23-8-4-12-29(37)31(23)26/h3-4,7-8,10,12,19,24-25H,1,5-6,9,11,13,15-18,20-21H2,2H3. The van der Waals surface area contributed by atoms with Gasteiger partial charge in [-0.3, -0.25) is 4.79 Å². The van der Waals surface area contributed by atoms with Gasteiger partial charge in [0.2, 0.25) is 0 Å². The molecule has 0 saturated carbocycles. The molecule has 1 aromatic heterocycles. The lowest BCUT2D eigenvalue weighted by Gasteiger charge is -2.41. The zero-order valence-electron chi connectivity index (χ0n) is 26.3. The molecule has 2 saturated heterocycles. The number of piperazine rings is 1. The molecule has 0 spiro atoms. The fraction of sp³-hybridized carbons (Fsp3) is 0.389. The molecule has 3 aromatic carbocycles. The molecule has 0 aliphatic carbocycles. The average Bonchev–Trinajstić information content (AvgIpc) is 3.50. The maximum absolute atomic E-state index is 14.0. The van der Waals surface area contributed by atoms with Crippen molar-refractivity contribution in [3.63, 3.8) is 0 Å². The van der Waals surface area contributed by atoms with Crippen molar-refractivity contribution in [3.05, 3.63) is 65.5 Å². The third kappa shape index (κ3) is 5.83. The number of benzene rings is 3. The Bertz CT molecular complexity index is 1920. The second kappa shape index (κ2) is 13.0. The number of likely N-dealkylation sites (tertiary alicyclic amines) is 1. The van der Waals surface area contributed by atoms with Crippen LogP contribution in [0.5, 0.6) is 11.8 Å². The van der Waals surface area contributed by atoms with E-state index >= 15 is 0 Å². The minimum Gasteiger partial charge on any atom is -0.492 e. The predicted octanol–water partition coefficient (Wildman–Crippen LogP) is 6.32. The van der Waals surface area contributed by atoms with Gasteiger partial charge in [-0.1, -0.05) is 48.5 Å². The van der Waals surface area contributed by atoms with Crippen molar-refractivity contribution in [1.29, 1.82) is 5.26 Å². The van der Waals surface area contributed by atoms with Crippen molar-refractivity contribution >= 4 is 45.0 Å². The number of ether oxygens (including phenoxy) is 2. The quantitative estimate of drug-likeness (QED) is 0.214. The van der Waals surface area contributed by atoms with Gasteiger partial charge in [0.25, 0.3) is 5.91 Å². The molecule has 11 heteroatoms. The van der Waals surface area contributed by atoms with E-state index in [-0.39, 0.29) is 31.6 Å². The number of carbonyl (C=O) groups excluding carboxylic acids is 1. The van der Waals surface area contributed by atoms with Gasteiger partial charge in [-0.15, -0.1) is 0 Å². The molecule has 3 aliphatic rings. The van der Waals surface area contributed by atoms with E-state index in [1.54, 1.807) is 0 Å². The molecule has 2 atom stereocenters. The highest BCUT2D eigenvalue weighted by atomic mass is 35.5. The number of amides is 1. The van der Waals surface area contributed by atoms with Gasteiger partial charge in [0.1, 0.15) is 18.2 Å². The third-order valence-corrected chi connectivity index (χ3v) is 9.96. The van der Waals surface area contributed by atoms with Gasteiger partial charge in [-0.2, -0.15) is 15.2 Å². The van der Waals surface area contributed by atoms with Crippen molar-refractivity contribution < 1.29 is 18.7 Å². The van der Waals surface area contributed by atoms with E-state index in [4.69, 9.17) is 31.0 Å². The van der Waals surface area contributed by atoms with Crippen LogP contribution in [0.4, 0.5) is 10.2 Å². The number of anilines is 1. The summed E-state index contributed by atoms with van der Waals surface area (Å²) in [6.45, 7) is 6.07. The lowest BCUT2D eigenvalue weighted by molar-refractivity contribution is -0.131. The van der Waals surface area contributed by atoms with Crippen molar-refractivity contribution in [2.24, 2.45) is 0 Å². The second-order valence-corrected chi connectivity index (χ2v) is 12.9. The zero-order valence-corrected chi connectivity index (χ0v) is 27.1. The topological polar surface area (TPSA) is 94.8 Å². The van der Waals surface area contributed by atoms with Crippen LogP contribution in [-0.2, 0) is 11.2 Å². The van der Waals surface area contributed by atoms with Gasteiger partial charge in [0, 0.05) is 41.6 Å². The molecule has 7 rings (SSSR count). The number of likely N-dealkylation sites (N-methyl/N-ethyl adjacent to an activating group) is 1. The first-order valence-electron chi connectivity index (χ1n) is 16.1. The van der Waals surface area contributed by atoms with Crippen molar-refractivity contribution in [2.75, 3.05) is 51.3 Å². The largest absolute Gasteiger partial charge is 0.492 e. The molecule has 2 unspecified atom stereocenters. The Morgan fingerprint density at radius 1 is 1.13 bits per heavy atom. The monoisotopic (exact) mass is 654 g/mol. The summed E-state index contributed by atoms with van der Waals surface area (Å²) in [5.74, 6) is -0.497. The van der Waals surface area contributed by atoms with Crippen LogP contribution in [0.3, 0.4) is 0 Å². The summed E-state index contributed by atoms with van der Waals surface area (Å²) in [4.78, 5) is 28.3. The molecular weight excluding hydrogens is 619 g/mol. The smallest absolute Gasteiger partial charge is 0.319 e. The summed E-state index contributed by atoms with van der Waals surface area (Å²) < 4.78 is 26.7. The van der Waals surface area contributed by atoms with Crippen LogP contribution in [0.2, 0.25) is 5.02 Å². The number of nitriles is 1. The van der Waals surface area contributed by atoms with E-state index in [0.29, 0.717) is 36.1 Å². The number of hydrogen-bond donors (Lipinski definition) is 0. The van der Waals surface area contributed by atoms with Crippen LogP contribution in [0, 0.1) is 11.3 Å². The summed E-state index contributed by atoms with van der Waals surface area (Å²) in [5.41, 5.74) is 3.71. The number of fused-ring (bicyclic) bond motifs is 4. The molecule has 0 N–H and O–H groups in total. The van der Waals surface area contributed by atoms with E-state index in [9.17, 15) is 14.4 Å². The first kappa shape index (κ1) is 31.2. The fourth-order valence-corrected chi connectivity index (χ4v) is 7.54. The van der Waals surface area contributed by atoms with Crippen LogP contribution >= 0.6 is 11.6 Å². The van der Waals surface area contributed by atoms with Crippen LogP contribution < -0.4 is 14.4 Å². The Kier molecular flexibility index (Phi) is 8.60. The number of hydrogen-bond acceptors (Lipinski definition) is 8. The Morgan fingerprint density at radius 2 is 1.96 bits per heavy atom. The van der Waals surface area contributed by atoms with Gasteiger partial charge < -0.3 is 24.2 Å². The van der Waals surface area contributed by atoms with Crippen LogP contribution in [0.25, 0.3) is 32.8 Å². The van der Waals surface area contributed by atoms with Gasteiger partial charge in [0.15, 0.2) is 5.83 Å². The van der Waals surface area contributed by atoms with Crippen molar-refractivity contribution in [3.8, 4) is 29.0 Å². The lowest BCUT2D eigenvalue weighted by Crippen LogP contribution is -2.55. The van der Waals surface area contributed by atoms with Gasteiger partial charge >= 0.3 is 6.01 Å². The molecule has 0 radical (unpaired) electrons. The molecule has 0 bridgehead atoms. The van der Waals surface area contributed by atoms with Gasteiger partial charge in [-0.25, -0.2) is 4.39 Å². The van der Waals surface area contributed by atoms with Gasteiger partial charge in [0.05, 0.1) is 36.0 Å². The van der Waals surface area contributed by atoms with E-state index < -0.39 is 17.8 Å². The normalized spacial score (nSPS) is 19.8. The molecular formula is C36H36ClFN6O3. The zero-order chi connectivity index (χ0) is 32.7. The summed E-state index contributed by atoms with van der Waals surface area (Å²) >= 11 is 6.81. The van der Waals surface area contributed by atoms with E-state index in [1.807, 2.05) is 23.1 Å². The summed E-state index contributed by atoms with van der Waals surface area (Å²) in [6, 6.07) is 16.3. The van der Waals surface area contributed by atoms with Crippen molar-refractivity contribution in [1.82, 2.24) is 19.8 Å². The highest BCUT2D eigenvalue weighted by Gasteiger charge is 2.35. The fourth-order valence-electron chi connectivity index (χ4n) is 7.26. The minimum absolute atomic E-state index is 0.0382. The molecule has 242 valence electrons. The van der Waals surface area contributed by atoms with Crippen molar-refractivity contribution in [2.45, 2.75) is 44.2 Å². The Labute approximate surface area is 278 Å². The second-order valence-electron chi connectivity index (χ2n) is 12.5. The Hall–Kier alpha value is -4.46. The number of nitrogens with zero attached hydrogens (tertiary/aromatic N) is 6. The molecule has 47 heavy (non-hydrogen) atoms. The average molecular weight is 655 g/mol. The third-order valence-electron chi connectivity index (χ3n) is 9.64. The molecule has 4 aromatic rings. The van der Waals surface area contributed by atoms with E-state index in [2.05, 4.69) is 48.9 Å². The van der Waals surface area contributed by atoms with Crippen LogP contribution in [0.1, 0.15) is 31.2 Å². The van der Waals surface area contributed by atoms with E-state index in [0.717, 1.165) is 70.8 Å². The molecule has 2 fully saturated rings. The molecule has 4 heterocycles. The maximum Gasteiger partial charge on any atom is 0.319 e. The molecule has 9 nitrogen and oxygen atoms in total. The Balaban J connectivity index is 1.39. The number of carbonyl (C=O) groups is 1. The number of aromatic nitrogens is 2. The van der Waals surface area contributed by atoms with Gasteiger partial charge in [-0.05, 0) is 67.9 Å². The van der Waals surface area contributed by atoms with E-state index in [1.165, 1.54) is 4.90 Å². The summed E-state index contributed by atoms with van der Waals surface area (Å²) in [7, 11) is 2.10. The minimum atomic E-state index is -1.04. The summed E-state index contributed by atoms with van der Waals surface area (Å²) in [5, 5.41) is 13.0. The predicted molar refractivity (Wildman–Crippen MR) is 181 cm³/mol. The number of rotatable bonds is 7. The summed E-state index contributed by atoms with van der Waals surface area (Å²) in [6.07, 6.45) is 3.84. The first-order valence-corrected chi connectivity index (χ1v) is 16.5. The Morgan fingerprint density at radius 3 is 2.72 bits per heavy atom. The molecule has 1 amide bonds. The first-order chi connectivity index (χ1) is 22.8. The highest BCUT2D eigenvalue weighted by molar-refractivity contribution is 6.36. The maximum atomic E-state index is 14.0. The van der Waals surface area contributed by atoms with Crippen LogP contribution in [-0.4, -0.2) is 84.2 Å². The van der Waals surface area contributed by atoms with Crippen LogP contribution in [0.15, 0.2) is 54.9 Å². The molecule has 3 aliphatic heterocycles. The lowest BCUT2D eigenvalue weighted by atomic mass is 9.89. The number of halogens is 2.